The van der Waals surface area contributed by atoms with Crippen molar-refractivity contribution in [3.8, 4) is 6.07 Å². The van der Waals surface area contributed by atoms with Crippen LogP contribution >= 0.6 is 0 Å². The number of nitriles is 1. The topological polar surface area (TPSA) is 71.9 Å². The summed E-state index contributed by atoms with van der Waals surface area (Å²) in [6, 6.07) is 16.3. The molecular weight excluding hydrogens is 302 g/mol. The molecule has 0 spiro atoms. The van der Waals surface area contributed by atoms with Gasteiger partial charge in [0.25, 0.3) is 5.69 Å². The first-order valence-corrected chi connectivity index (χ1v) is 7.43. The minimum atomic E-state index is -0.450. The third-order valence-electron chi connectivity index (χ3n) is 4.25. The van der Waals surface area contributed by atoms with E-state index >= 15 is 0 Å². The van der Waals surface area contributed by atoms with Crippen LogP contribution in [-0.4, -0.2) is 9.49 Å². The third kappa shape index (κ3) is 2.55. The number of aromatic nitrogens is 1. The molecule has 0 N–H and O–H groups in total. The van der Waals surface area contributed by atoms with Gasteiger partial charge in [-0.3, -0.25) is 10.1 Å². The van der Waals surface area contributed by atoms with Gasteiger partial charge < -0.3 is 4.57 Å². The lowest BCUT2D eigenvalue weighted by molar-refractivity contribution is -0.384. The number of benzene rings is 2. The summed E-state index contributed by atoms with van der Waals surface area (Å²) in [6.45, 7) is 2.01. The monoisotopic (exact) mass is 317 g/mol. The van der Waals surface area contributed by atoms with Gasteiger partial charge in [-0.2, -0.15) is 5.26 Å². The highest BCUT2D eigenvalue weighted by Crippen LogP contribution is 2.29. The van der Waals surface area contributed by atoms with Crippen LogP contribution in [0.25, 0.3) is 22.6 Å². The largest absolute Gasteiger partial charge is 0.347 e. The van der Waals surface area contributed by atoms with E-state index in [4.69, 9.17) is 0 Å². The van der Waals surface area contributed by atoms with Crippen LogP contribution in [0, 0.1) is 28.4 Å². The first kappa shape index (κ1) is 15.5. The third-order valence-corrected chi connectivity index (χ3v) is 4.25. The van der Waals surface area contributed by atoms with Gasteiger partial charge in [0.1, 0.15) is 0 Å². The highest BCUT2D eigenvalue weighted by Gasteiger charge is 2.12. The van der Waals surface area contributed by atoms with Gasteiger partial charge >= 0.3 is 0 Å². The fraction of sp³-hybridized carbons (Fsp3) is 0.105. The molecule has 1 heterocycles. The highest BCUT2D eigenvalue weighted by molar-refractivity contribution is 5.99. The van der Waals surface area contributed by atoms with Crippen molar-refractivity contribution in [2.45, 2.75) is 6.92 Å². The average Bonchev–Trinajstić information content (AvgIpc) is 2.84. The van der Waals surface area contributed by atoms with Gasteiger partial charge in [-0.25, -0.2) is 0 Å². The standard InChI is InChI=1S/C19H15N3O2/c1-13-18(17-5-3-4-6-19(17)21(13)2)11-15(12-20)14-7-9-16(10-8-14)22(23)24/h3-11H,1-2H3/b15-11-. The van der Waals surface area contributed by atoms with Crippen LogP contribution in [0.4, 0.5) is 5.69 Å². The Morgan fingerprint density at radius 1 is 1.21 bits per heavy atom. The Kier molecular flexibility index (Phi) is 3.88. The number of nitro benzene ring substituents is 1. The van der Waals surface area contributed by atoms with Crippen molar-refractivity contribution in [1.82, 2.24) is 4.57 Å². The van der Waals surface area contributed by atoms with E-state index in [1.165, 1.54) is 12.1 Å². The molecule has 0 aliphatic rings. The minimum Gasteiger partial charge on any atom is -0.347 e. The smallest absolute Gasteiger partial charge is 0.269 e. The van der Waals surface area contributed by atoms with E-state index in [0.717, 1.165) is 22.2 Å². The zero-order chi connectivity index (χ0) is 17.3. The molecule has 118 valence electrons. The van der Waals surface area contributed by atoms with Gasteiger partial charge in [0.15, 0.2) is 0 Å². The molecule has 0 aliphatic heterocycles. The van der Waals surface area contributed by atoms with Crippen molar-refractivity contribution in [1.29, 1.82) is 5.26 Å². The predicted molar refractivity (Wildman–Crippen MR) is 94.2 cm³/mol. The summed E-state index contributed by atoms with van der Waals surface area (Å²) < 4.78 is 2.09. The van der Waals surface area contributed by atoms with E-state index in [-0.39, 0.29) is 5.69 Å². The number of nitrogens with zero attached hydrogens (tertiary/aromatic N) is 3. The zero-order valence-electron chi connectivity index (χ0n) is 13.4. The number of rotatable bonds is 3. The molecule has 0 saturated heterocycles. The van der Waals surface area contributed by atoms with E-state index in [1.54, 1.807) is 12.1 Å². The lowest BCUT2D eigenvalue weighted by Gasteiger charge is -2.01. The zero-order valence-corrected chi connectivity index (χ0v) is 13.4. The fourth-order valence-electron chi connectivity index (χ4n) is 2.82. The molecule has 0 unspecified atom stereocenters. The molecule has 0 aliphatic carbocycles. The molecule has 0 bridgehead atoms. The predicted octanol–water partition coefficient (Wildman–Crippen LogP) is 4.46. The second kappa shape index (κ2) is 6.01. The molecule has 5 heteroatoms. The van der Waals surface area contributed by atoms with Gasteiger partial charge in [0, 0.05) is 41.3 Å². The maximum Gasteiger partial charge on any atom is 0.269 e. The molecule has 2 aromatic carbocycles. The molecule has 0 fully saturated rings. The maximum atomic E-state index is 10.8. The van der Waals surface area contributed by atoms with Crippen LogP contribution in [0.1, 0.15) is 16.8 Å². The summed E-state index contributed by atoms with van der Waals surface area (Å²) >= 11 is 0. The Morgan fingerprint density at radius 3 is 2.50 bits per heavy atom. The second-order valence-corrected chi connectivity index (χ2v) is 5.55. The number of hydrogen-bond acceptors (Lipinski definition) is 3. The van der Waals surface area contributed by atoms with Crippen molar-refractivity contribution < 1.29 is 4.92 Å². The summed E-state index contributed by atoms with van der Waals surface area (Å²) in [5.41, 5.74) is 4.30. The average molecular weight is 317 g/mol. The lowest BCUT2D eigenvalue weighted by atomic mass is 10.0. The molecule has 3 rings (SSSR count). The van der Waals surface area contributed by atoms with E-state index < -0.39 is 4.92 Å². The normalized spacial score (nSPS) is 11.5. The van der Waals surface area contributed by atoms with Gasteiger partial charge in [0.2, 0.25) is 0 Å². The molecular formula is C19H15N3O2. The van der Waals surface area contributed by atoms with E-state index in [9.17, 15) is 15.4 Å². The van der Waals surface area contributed by atoms with Crippen molar-refractivity contribution in [3.63, 3.8) is 0 Å². The Morgan fingerprint density at radius 2 is 1.88 bits per heavy atom. The van der Waals surface area contributed by atoms with Crippen LogP contribution in [0.5, 0.6) is 0 Å². The SMILES string of the molecule is Cc1c(/C=C(/C#N)c2ccc([N+](=O)[O-])cc2)c2ccccc2n1C. The van der Waals surface area contributed by atoms with Crippen LogP contribution < -0.4 is 0 Å². The van der Waals surface area contributed by atoms with Crippen molar-refractivity contribution in [2.75, 3.05) is 0 Å². The summed E-state index contributed by atoms with van der Waals surface area (Å²) in [5.74, 6) is 0. The number of fused-ring (bicyclic) bond motifs is 1. The van der Waals surface area contributed by atoms with Crippen molar-refractivity contribution in [2.24, 2.45) is 7.05 Å². The number of para-hydroxylation sites is 1. The van der Waals surface area contributed by atoms with E-state index in [2.05, 4.69) is 10.6 Å². The van der Waals surface area contributed by atoms with Crippen molar-refractivity contribution >= 4 is 28.2 Å². The molecule has 0 atom stereocenters. The summed E-state index contributed by atoms with van der Waals surface area (Å²) in [4.78, 5) is 10.3. The molecule has 3 aromatic rings. The Hall–Kier alpha value is -3.39. The van der Waals surface area contributed by atoms with Gasteiger partial charge in [0.05, 0.1) is 16.6 Å². The first-order chi connectivity index (χ1) is 11.5. The maximum absolute atomic E-state index is 10.8. The minimum absolute atomic E-state index is 0.0115. The summed E-state index contributed by atoms with van der Waals surface area (Å²) in [7, 11) is 1.99. The molecule has 24 heavy (non-hydrogen) atoms. The fourth-order valence-corrected chi connectivity index (χ4v) is 2.82. The molecule has 0 radical (unpaired) electrons. The quantitative estimate of drug-likeness (QED) is 0.407. The van der Waals surface area contributed by atoms with E-state index in [1.807, 2.05) is 44.3 Å². The van der Waals surface area contributed by atoms with Crippen LogP contribution in [0.15, 0.2) is 48.5 Å². The van der Waals surface area contributed by atoms with Crippen LogP contribution in [0.2, 0.25) is 0 Å². The number of aryl methyl sites for hydroxylation is 1. The summed E-state index contributed by atoms with van der Waals surface area (Å²) in [5, 5.41) is 21.4. The Balaban J connectivity index is 2.14. The summed E-state index contributed by atoms with van der Waals surface area (Å²) in [6.07, 6.45) is 1.85. The van der Waals surface area contributed by atoms with Crippen LogP contribution in [0.3, 0.4) is 0 Å². The Bertz CT molecular complexity index is 1010. The van der Waals surface area contributed by atoms with E-state index in [0.29, 0.717) is 11.1 Å². The highest BCUT2D eigenvalue weighted by atomic mass is 16.6. The number of hydrogen-bond donors (Lipinski definition) is 0. The van der Waals surface area contributed by atoms with Gasteiger partial charge in [-0.15, -0.1) is 0 Å². The van der Waals surface area contributed by atoms with Crippen LogP contribution in [-0.2, 0) is 7.05 Å². The lowest BCUT2D eigenvalue weighted by Crippen LogP contribution is -1.91. The van der Waals surface area contributed by atoms with Gasteiger partial charge in [-0.1, -0.05) is 18.2 Å². The first-order valence-electron chi connectivity index (χ1n) is 7.43. The number of allylic oxidation sites excluding steroid dienone is 1. The molecule has 5 nitrogen and oxygen atoms in total. The Labute approximate surface area is 139 Å². The number of nitro groups is 1. The second-order valence-electron chi connectivity index (χ2n) is 5.55. The number of non-ortho nitro benzene ring substituents is 1. The molecule has 0 amide bonds. The molecule has 1 aromatic heterocycles. The van der Waals surface area contributed by atoms with Gasteiger partial charge in [-0.05, 0) is 36.8 Å². The molecule has 0 saturated carbocycles. The van der Waals surface area contributed by atoms with Crippen molar-refractivity contribution in [3.05, 3.63) is 75.5 Å².